The number of carbonyl (C=O) groups excluding carboxylic acids is 2. The number of benzene rings is 1. The summed E-state index contributed by atoms with van der Waals surface area (Å²) < 4.78 is 4.30. The van der Waals surface area contributed by atoms with Crippen LogP contribution in [-0.4, -0.2) is 50.2 Å². The topological polar surface area (TPSA) is 90.5 Å². The van der Waals surface area contributed by atoms with Gasteiger partial charge in [-0.15, -0.1) is 0 Å². The number of hydrogen-bond donors (Lipinski definition) is 2. The third-order valence-electron chi connectivity index (χ3n) is 5.37. The van der Waals surface area contributed by atoms with Crippen molar-refractivity contribution in [2.24, 2.45) is 0 Å². The molecule has 3 atom stereocenters. The first kappa shape index (κ1) is 19.8. The number of hydrogen-bond acceptors (Lipinski definition) is 5. The van der Waals surface area contributed by atoms with Gasteiger partial charge in [-0.25, -0.2) is 4.79 Å². The standard InChI is InChI=1S/C20H29N3O4/c1-2-27-19(24)14-23(26)13-16(11-10-15-7-3-4-9-18(15)23)22-17-8-5-6-12-21-20(17)25/h3-4,7,9,16-17,22H,2,5-6,8,10-14H2,1H3,(H,21,25)/t16-,17-,23?/m0/s1. The van der Waals surface area contributed by atoms with E-state index in [1.807, 2.05) is 24.3 Å². The van der Waals surface area contributed by atoms with E-state index in [1.54, 1.807) is 6.92 Å². The highest BCUT2D eigenvalue weighted by Crippen LogP contribution is 2.32. The summed E-state index contributed by atoms with van der Waals surface area (Å²) >= 11 is 0. The average Bonchev–Trinajstić information content (AvgIpc) is 2.91. The number of rotatable bonds is 5. The lowest BCUT2D eigenvalue weighted by molar-refractivity contribution is -0.143. The molecule has 2 aliphatic heterocycles. The predicted molar refractivity (Wildman–Crippen MR) is 104 cm³/mol. The molecule has 7 heteroatoms. The molecule has 1 aromatic rings. The smallest absolute Gasteiger partial charge is 0.362 e. The fourth-order valence-electron chi connectivity index (χ4n) is 4.08. The van der Waals surface area contributed by atoms with E-state index in [1.165, 1.54) is 0 Å². The van der Waals surface area contributed by atoms with Crippen LogP contribution in [0.1, 0.15) is 38.2 Å². The normalized spacial score (nSPS) is 28.4. The highest BCUT2D eigenvalue weighted by molar-refractivity contribution is 5.82. The first-order valence-electron chi connectivity index (χ1n) is 9.88. The lowest BCUT2D eigenvalue weighted by Crippen LogP contribution is -2.57. The first-order chi connectivity index (χ1) is 13.0. The maximum absolute atomic E-state index is 13.7. The minimum absolute atomic E-state index is 0.00338. The van der Waals surface area contributed by atoms with Crippen LogP contribution >= 0.6 is 0 Å². The highest BCUT2D eigenvalue weighted by atomic mass is 16.6. The summed E-state index contributed by atoms with van der Waals surface area (Å²) in [6.45, 7) is 2.65. The molecule has 1 amide bonds. The number of carbonyl (C=O) groups is 2. The third kappa shape index (κ3) is 4.86. The zero-order valence-electron chi connectivity index (χ0n) is 15.9. The molecule has 0 radical (unpaired) electrons. The molecule has 2 aliphatic rings. The Labute approximate surface area is 160 Å². The van der Waals surface area contributed by atoms with E-state index < -0.39 is 10.6 Å². The number of quaternary nitrogens is 1. The Bertz CT molecular complexity index is 681. The number of esters is 1. The number of para-hydroxylation sites is 1. The Morgan fingerprint density at radius 3 is 2.96 bits per heavy atom. The Balaban J connectivity index is 1.81. The van der Waals surface area contributed by atoms with Gasteiger partial charge in [0.2, 0.25) is 5.91 Å². The summed E-state index contributed by atoms with van der Waals surface area (Å²) in [5.74, 6) is -0.487. The van der Waals surface area contributed by atoms with Crippen molar-refractivity contribution < 1.29 is 14.3 Å². The second-order valence-electron chi connectivity index (χ2n) is 7.41. The molecule has 1 saturated heterocycles. The van der Waals surface area contributed by atoms with Crippen molar-refractivity contribution in [3.63, 3.8) is 0 Å². The van der Waals surface area contributed by atoms with Gasteiger partial charge in [0.05, 0.1) is 25.2 Å². The van der Waals surface area contributed by atoms with Gasteiger partial charge in [-0.05, 0) is 45.1 Å². The van der Waals surface area contributed by atoms with Crippen LogP contribution in [0.3, 0.4) is 0 Å². The van der Waals surface area contributed by atoms with Crippen molar-refractivity contribution in [1.82, 2.24) is 15.3 Å². The van der Waals surface area contributed by atoms with Crippen molar-refractivity contribution in [2.45, 2.75) is 51.1 Å². The van der Waals surface area contributed by atoms with Gasteiger partial charge >= 0.3 is 5.97 Å². The van der Waals surface area contributed by atoms with Crippen molar-refractivity contribution in [2.75, 3.05) is 26.2 Å². The molecule has 0 aliphatic carbocycles. The number of fused-ring (bicyclic) bond motifs is 1. The molecule has 1 fully saturated rings. The van der Waals surface area contributed by atoms with Crippen molar-refractivity contribution in [3.8, 4) is 0 Å². The molecule has 1 unspecified atom stereocenters. The fraction of sp³-hybridized carbons (Fsp3) is 0.600. The molecule has 0 aromatic heterocycles. The molecule has 7 nitrogen and oxygen atoms in total. The van der Waals surface area contributed by atoms with E-state index in [-0.39, 0.29) is 37.7 Å². The first-order valence-corrected chi connectivity index (χ1v) is 9.88. The molecular formula is C20H29N3O4. The van der Waals surface area contributed by atoms with Gasteiger partial charge in [0.25, 0.3) is 0 Å². The lowest BCUT2D eigenvalue weighted by Gasteiger charge is -2.43. The van der Waals surface area contributed by atoms with Gasteiger partial charge in [-0.2, -0.15) is 0 Å². The van der Waals surface area contributed by atoms with E-state index in [4.69, 9.17) is 4.74 Å². The Morgan fingerprint density at radius 2 is 2.15 bits per heavy atom. The molecule has 0 spiro atoms. The molecule has 3 rings (SSSR count). The highest BCUT2D eigenvalue weighted by Gasteiger charge is 2.35. The minimum Gasteiger partial charge on any atom is -0.627 e. The second kappa shape index (κ2) is 8.82. The lowest BCUT2D eigenvalue weighted by atomic mass is 10.0. The van der Waals surface area contributed by atoms with Crippen LogP contribution in [0.4, 0.5) is 5.69 Å². The molecule has 0 saturated carbocycles. The zero-order valence-corrected chi connectivity index (χ0v) is 15.9. The number of amides is 1. The van der Waals surface area contributed by atoms with Crippen LogP contribution in [0.5, 0.6) is 0 Å². The van der Waals surface area contributed by atoms with Crippen LogP contribution in [0.25, 0.3) is 0 Å². The van der Waals surface area contributed by atoms with E-state index in [0.717, 1.165) is 37.7 Å². The maximum atomic E-state index is 13.7. The Morgan fingerprint density at radius 1 is 1.33 bits per heavy atom. The van der Waals surface area contributed by atoms with E-state index in [9.17, 15) is 14.8 Å². The van der Waals surface area contributed by atoms with E-state index >= 15 is 0 Å². The molecule has 2 heterocycles. The van der Waals surface area contributed by atoms with Gasteiger partial charge in [0, 0.05) is 12.1 Å². The zero-order chi connectivity index (χ0) is 19.3. The molecule has 2 N–H and O–H groups in total. The van der Waals surface area contributed by atoms with Crippen LogP contribution in [-0.2, 0) is 20.7 Å². The predicted octanol–water partition coefficient (Wildman–Crippen LogP) is 1.63. The molecular weight excluding hydrogens is 346 g/mol. The molecule has 1 aromatic carbocycles. The minimum atomic E-state index is -0.749. The quantitative estimate of drug-likeness (QED) is 0.464. The average molecular weight is 375 g/mol. The summed E-state index contributed by atoms with van der Waals surface area (Å²) in [5, 5.41) is 20.1. The van der Waals surface area contributed by atoms with Gasteiger partial charge in [-0.1, -0.05) is 18.2 Å². The van der Waals surface area contributed by atoms with E-state index in [0.29, 0.717) is 12.2 Å². The Hall–Kier alpha value is -1.96. The fourth-order valence-corrected chi connectivity index (χ4v) is 4.08. The van der Waals surface area contributed by atoms with Crippen LogP contribution < -0.4 is 15.3 Å². The summed E-state index contributed by atoms with van der Waals surface area (Å²) in [6, 6.07) is 7.09. The largest absolute Gasteiger partial charge is 0.627 e. The molecule has 27 heavy (non-hydrogen) atoms. The SMILES string of the molecule is CCOC(=O)C[N+]1([O-])C[C@@H](N[C@H]2CCCCNC2=O)CCc2ccccc21. The summed E-state index contributed by atoms with van der Waals surface area (Å²) in [4.78, 5) is 24.4. The summed E-state index contributed by atoms with van der Waals surface area (Å²) in [5.41, 5.74) is 1.59. The molecule has 148 valence electrons. The monoisotopic (exact) mass is 375 g/mol. The van der Waals surface area contributed by atoms with Crippen molar-refractivity contribution in [3.05, 3.63) is 35.0 Å². The number of nitrogens with zero attached hydrogens (tertiary/aromatic N) is 1. The van der Waals surface area contributed by atoms with Crippen LogP contribution in [0.15, 0.2) is 24.3 Å². The maximum Gasteiger partial charge on any atom is 0.362 e. The summed E-state index contributed by atoms with van der Waals surface area (Å²) in [6.07, 6.45) is 4.22. The number of aryl methyl sites for hydroxylation is 1. The van der Waals surface area contributed by atoms with E-state index in [2.05, 4.69) is 10.6 Å². The van der Waals surface area contributed by atoms with Crippen LogP contribution in [0.2, 0.25) is 0 Å². The Kier molecular flexibility index (Phi) is 6.46. The number of ether oxygens (including phenoxy) is 1. The van der Waals surface area contributed by atoms with Crippen LogP contribution in [0, 0.1) is 5.21 Å². The number of hydroxylamine groups is 2. The molecule has 0 bridgehead atoms. The van der Waals surface area contributed by atoms with Gasteiger partial charge < -0.3 is 19.9 Å². The van der Waals surface area contributed by atoms with Gasteiger partial charge in [0.1, 0.15) is 5.69 Å². The summed E-state index contributed by atoms with van der Waals surface area (Å²) in [7, 11) is 0. The number of nitrogens with one attached hydrogen (secondary N) is 2. The van der Waals surface area contributed by atoms with Gasteiger partial charge in [0.15, 0.2) is 6.54 Å². The van der Waals surface area contributed by atoms with Gasteiger partial charge in [-0.3, -0.25) is 10.1 Å². The van der Waals surface area contributed by atoms with Crippen molar-refractivity contribution in [1.29, 1.82) is 0 Å². The third-order valence-corrected chi connectivity index (χ3v) is 5.37. The second-order valence-corrected chi connectivity index (χ2v) is 7.41. The van der Waals surface area contributed by atoms with Crippen molar-refractivity contribution >= 4 is 17.6 Å².